The van der Waals surface area contributed by atoms with E-state index in [1.54, 1.807) is 6.92 Å². The van der Waals surface area contributed by atoms with Crippen molar-refractivity contribution in [1.82, 2.24) is 0 Å². The van der Waals surface area contributed by atoms with Crippen LogP contribution >= 0.6 is 10.7 Å². The first-order chi connectivity index (χ1) is 8.30. The van der Waals surface area contributed by atoms with Crippen LogP contribution in [0.1, 0.15) is 5.56 Å². The van der Waals surface area contributed by atoms with E-state index in [-0.39, 0.29) is 10.6 Å². The van der Waals surface area contributed by atoms with Crippen LogP contribution in [0.15, 0.2) is 35.2 Å². The Bertz CT molecular complexity index is 660. The van der Waals surface area contributed by atoms with Gasteiger partial charge in [0.25, 0.3) is 20.9 Å². The number of halogens is 1. The molecule has 0 atom stereocenters. The number of aryl methyl sites for hydroxylation is 1. The molecule has 0 aromatic heterocycles. The van der Waals surface area contributed by atoms with Crippen LogP contribution in [0.25, 0.3) is 0 Å². The Morgan fingerprint density at radius 3 is 2.17 bits per heavy atom. The maximum Gasteiger partial charge on any atom is 0.261 e. The Morgan fingerprint density at radius 1 is 1.11 bits per heavy atom. The van der Waals surface area contributed by atoms with Crippen molar-refractivity contribution in [2.75, 3.05) is 4.90 Å². The molecule has 0 unspecified atom stereocenters. The number of nitrogens with zero attached hydrogens (tertiary/aromatic N) is 1. The fourth-order valence-electron chi connectivity index (χ4n) is 1.65. The van der Waals surface area contributed by atoms with Crippen LogP contribution in [0, 0.1) is 6.92 Å². The van der Waals surface area contributed by atoms with Crippen molar-refractivity contribution in [3.05, 3.63) is 35.9 Å². The van der Waals surface area contributed by atoms with Crippen molar-refractivity contribution >= 4 is 37.2 Å². The summed E-state index contributed by atoms with van der Waals surface area (Å²) in [5.41, 5.74) is 0.626. The normalized spacial score (nSPS) is 15.6. The number of amides is 2. The van der Waals surface area contributed by atoms with Crippen LogP contribution in [0.3, 0.4) is 0 Å². The summed E-state index contributed by atoms with van der Waals surface area (Å²) in [4.78, 5) is 23.7. The highest BCUT2D eigenvalue weighted by atomic mass is 35.7. The quantitative estimate of drug-likeness (QED) is 0.607. The molecule has 2 amide bonds. The Labute approximate surface area is 108 Å². The smallest absolute Gasteiger partial charge is 0.261 e. The summed E-state index contributed by atoms with van der Waals surface area (Å²) in [5, 5.41) is 0. The van der Waals surface area contributed by atoms with Gasteiger partial charge in [-0.25, -0.2) is 13.3 Å². The molecule has 1 heterocycles. The number of rotatable bonds is 2. The molecule has 2 rings (SSSR count). The fourth-order valence-corrected chi connectivity index (χ4v) is 2.86. The molecule has 0 saturated heterocycles. The van der Waals surface area contributed by atoms with Crippen LogP contribution in [0.5, 0.6) is 0 Å². The number of carbonyl (C=O) groups is 2. The van der Waals surface area contributed by atoms with Gasteiger partial charge in [-0.15, -0.1) is 0 Å². The van der Waals surface area contributed by atoms with E-state index in [9.17, 15) is 18.0 Å². The number of carbonyl (C=O) groups excluding carboxylic acids is 2. The molecule has 0 N–H and O–H groups in total. The van der Waals surface area contributed by atoms with E-state index < -0.39 is 20.9 Å². The predicted molar refractivity (Wildman–Crippen MR) is 65.9 cm³/mol. The minimum atomic E-state index is -3.92. The zero-order chi connectivity index (χ0) is 13.5. The minimum absolute atomic E-state index is 0.117. The molecule has 0 radical (unpaired) electrons. The number of imide groups is 1. The summed E-state index contributed by atoms with van der Waals surface area (Å²) < 4.78 is 22.7. The Hall–Kier alpha value is -1.66. The van der Waals surface area contributed by atoms with Crippen molar-refractivity contribution in [2.24, 2.45) is 0 Å². The molecule has 0 saturated carbocycles. The Kier molecular flexibility index (Phi) is 3.00. The Balaban J connectivity index is 2.55. The average Bonchev–Trinajstić information content (AvgIpc) is 2.58. The summed E-state index contributed by atoms with van der Waals surface area (Å²) in [6, 6.07) is 4.19. The monoisotopic (exact) mass is 285 g/mol. The molecule has 0 spiro atoms. The molecule has 0 aliphatic carbocycles. The first kappa shape index (κ1) is 12.8. The lowest BCUT2D eigenvalue weighted by atomic mass is 10.2. The largest absolute Gasteiger partial charge is 0.269 e. The van der Waals surface area contributed by atoms with E-state index in [0.717, 1.165) is 17.1 Å². The lowest BCUT2D eigenvalue weighted by Gasteiger charge is -2.15. The molecule has 94 valence electrons. The van der Waals surface area contributed by atoms with Crippen molar-refractivity contribution in [2.45, 2.75) is 11.8 Å². The van der Waals surface area contributed by atoms with Gasteiger partial charge in [-0.2, -0.15) is 0 Å². The van der Waals surface area contributed by atoms with Crippen LogP contribution in [0.2, 0.25) is 0 Å². The first-order valence-electron chi connectivity index (χ1n) is 4.92. The molecule has 1 aromatic rings. The summed E-state index contributed by atoms with van der Waals surface area (Å²) in [6.45, 7) is 1.57. The third-order valence-corrected chi connectivity index (χ3v) is 3.97. The van der Waals surface area contributed by atoms with Crippen molar-refractivity contribution in [3.8, 4) is 0 Å². The van der Waals surface area contributed by atoms with Gasteiger partial charge in [0.15, 0.2) is 0 Å². The van der Waals surface area contributed by atoms with Gasteiger partial charge in [-0.3, -0.25) is 9.59 Å². The van der Waals surface area contributed by atoms with Gasteiger partial charge in [0.1, 0.15) is 0 Å². The molecule has 18 heavy (non-hydrogen) atoms. The second kappa shape index (κ2) is 4.22. The highest BCUT2D eigenvalue weighted by molar-refractivity contribution is 8.13. The molecule has 5 nitrogen and oxygen atoms in total. The van der Waals surface area contributed by atoms with Gasteiger partial charge in [0, 0.05) is 22.8 Å². The minimum Gasteiger partial charge on any atom is -0.269 e. The van der Waals surface area contributed by atoms with Crippen LogP contribution in [-0.4, -0.2) is 20.2 Å². The molecule has 1 aliphatic heterocycles. The third kappa shape index (κ3) is 2.16. The van der Waals surface area contributed by atoms with Crippen LogP contribution < -0.4 is 4.90 Å². The molecule has 1 aromatic carbocycles. The molecular weight excluding hydrogens is 278 g/mol. The van der Waals surface area contributed by atoms with E-state index >= 15 is 0 Å². The molecule has 0 fully saturated rings. The predicted octanol–water partition coefficient (Wildman–Crippen LogP) is 1.35. The fraction of sp³-hybridized carbons (Fsp3) is 0.0909. The lowest BCUT2D eigenvalue weighted by Crippen LogP contribution is -2.29. The number of benzene rings is 1. The molecule has 0 bridgehead atoms. The molecule has 7 heteroatoms. The summed E-state index contributed by atoms with van der Waals surface area (Å²) in [5.74, 6) is -1.02. The highest BCUT2D eigenvalue weighted by Crippen LogP contribution is 2.27. The van der Waals surface area contributed by atoms with Gasteiger partial charge in [-0.1, -0.05) is 6.07 Å². The lowest BCUT2D eigenvalue weighted by molar-refractivity contribution is -0.119. The summed E-state index contributed by atoms with van der Waals surface area (Å²) in [6.07, 6.45) is 2.24. The van der Waals surface area contributed by atoms with Gasteiger partial charge in [0.05, 0.1) is 10.6 Å². The van der Waals surface area contributed by atoms with Crippen LogP contribution in [0.4, 0.5) is 5.69 Å². The maximum atomic E-state index is 11.5. The van der Waals surface area contributed by atoms with E-state index in [4.69, 9.17) is 10.7 Å². The van der Waals surface area contributed by atoms with E-state index in [1.165, 1.54) is 18.2 Å². The maximum absolute atomic E-state index is 11.5. The highest BCUT2D eigenvalue weighted by Gasteiger charge is 2.26. The van der Waals surface area contributed by atoms with Gasteiger partial charge < -0.3 is 0 Å². The summed E-state index contributed by atoms with van der Waals surface area (Å²) >= 11 is 0. The molecular formula is C11H8ClNO4S. The SMILES string of the molecule is Cc1ccc(N2C(=O)C=CC2=O)cc1S(=O)(=O)Cl. The van der Waals surface area contributed by atoms with Gasteiger partial charge in [0.2, 0.25) is 0 Å². The zero-order valence-corrected chi connectivity index (χ0v) is 10.8. The van der Waals surface area contributed by atoms with E-state index in [2.05, 4.69) is 0 Å². The number of hydrogen-bond acceptors (Lipinski definition) is 4. The molecule has 1 aliphatic rings. The third-order valence-electron chi connectivity index (χ3n) is 2.50. The first-order valence-corrected chi connectivity index (χ1v) is 7.23. The number of hydrogen-bond donors (Lipinski definition) is 0. The van der Waals surface area contributed by atoms with Crippen LogP contribution in [-0.2, 0) is 18.6 Å². The Morgan fingerprint density at radius 2 is 1.67 bits per heavy atom. The topological polar surface area (TPSA) is 71.5 Å². The zero-order valence-electron chi connectivity index (χ0n) is 9.25. The van der Waals surface area contributed by atoms with Crippen molar-refractivity contribution in [1.29, 1.82) is 0 Å². The summed E-state index contributed by atoms with van der Waals surface area (Å²) in [7, 11) is 1.37. The standard InChI is InChI=1S/C11H8ClNO4S/c1-7-2-3-8(6-9(7)18(12,16)17)13-10(14)4-5-11(13)15/h2-6H,1H3. The van der Waals surface area contributed by atoms with E-state index in [1.807, 2.05) is 0 Å². The second-order valence-corrected chi connectivity index (χ2v) is 6.27. The second-order valence-electron chi connectivity index (χ2n) is 3.73. The van der Waals surface area contributed by atoms with Gasteiger partial charge in [-0.05, 0) is 24.6 Å². The van der Waals surface area contributed by atoms with Gasteiger partial charge >= 0.3 is 0 Å². The number of anilines is 1. The van der Waals surface area contributed by atoms with Crippen molar-refractivity contribution < 1.29 is 18.0 Å². The van der Waals surface area contributed by atoms with Crippen molar-refractivity contribution in [3.63, 3.8) is 0 Å². The average molecular weight is 286 g/mol. The van der Waals surface area contributed by atoms with E-state index in [0.29, 0.717) is 5.56 Å².